The number of hydrogen-bond acceptors (Lipinski definition) is 9. The van der Waals surface area contributed by atoms with Crippen molar-refractivity contribution in [2.45, 2.75) is 52.7 Å². The molecule has 1 aliphatic heterocycles. The van der Waals surface area contributed by atoms with Crippen molar-refractivity contribution in [2.75, 3.05) is 25.1 Å². The Bertz CT molecular complexity index is 2160. The minimum atomic E-state index is -0.721. The number of halogens is 1. The first-order chi connectivity index (χ1) is 22.9. The molecule has 248 valence electrons. The molecule has 0 radical (unpaired) electrons. The molecule has 6 rings (SSSR count). The summed E-state index contributed by atoms with van der Waals surface area (Å²) >= 11 is 0. The Balaban J connectivity index is 1.35. The highest BCUT2D eigenvalue weighted by atomic mass is 19.1. The molecular formula is C35H36FN7O5. The molecule has 1 aromatic carbocycles. The second-order valence-corrected chi connectivity index (χ2v) is 12.9. The number of carbonyl (C=O) groups is 1. The van der Waals surface area contributed by atoms with E-state index in [0.717, 1.165) is 10.2 Å². The van der Waals surface area contributed by atoms with Gasteiger partial charge in [-0.1, -0.05) is 20.8 Å². The predicted molar refractivity (Wildman–Crippen MR) is 179 cm³/mol. The molecule has 13 heteroatoms. The van der Waals surface area contributed by atoms with Gasteiger partial charge >= 0.3 is 0 Å². The van der Waals surface area contributed by atoms with Crippen molar-refractivity contribution in [3.8, 4) is 16.9 Å². The van der Waals surface area contributed by atoms with Crippen LogP contribution in [0.1, 0.15) is 54.9 Å². The zero-order chi connectivity index (χ0) is 34.3. The van der Waals surface area contributed by atoms with Gasteiger partial charge in [-0.25, -0.2) is 14.4 Å². The molecule has 5 aromatic rings. The third-order valence-corrected chi connectivity index (χ3v) is 8.53. The Labute approximate surface area is 275 Å². The van der Waals surface area contributed by atoms with Crippen LogP contribution in [0.5, 0.6) is 0 Å². The lowest BCUT2D eigenvalue weighted by molar-refractivity contribution is 0.00357. The molecule has 0 aliphatic carbocycles. The lowest BCUT2D eigenvalue weighted by Gasteiger charge is -2.33. The SMILES string of the molecule is Cc1[nH]c(=O)c(Nc2ccc(C(=O)N3CCOC[C@@H]3C)cn2)cc1-c1ccnc(-n2ncc3cc(C(C)(C)C)cc(F)c3c2=O)c1CO. The fourth-order valence-corrected chi connectivity index (χ4v) is 5.81. The van der Waals surface area contributed by atoms with Crippen molar-refractivity contribution in [3.05, 3.63) is 104 Å². The van der Waals surface area contributed by atoms with E-state index in [9.17, 15) is 19.5 Å². The number of fused-ring (bicyclic) bond motifs is 1. The van der Waals surface area contributed by atoms with Crippen LogP contribution in [0, 0.1) is 12.7 Å². The summed E-state index contributed by atoms with van der Waals surface area (Å²) in [5.74, 6) is -0.460. The number of amides is 1. The Hall–Kier alpha value is -5.27. The predicted octanol–water partition coefficient (Wildman–Crippen LogP) is 4.37. The number of hydrogen-bond donors (Lipinski definition) is 3. The number of aliphatic hydroxyl groups is 1. The van der Waals surface area contributed by atoms with Gasteiger partial charge in [0.1, 0.15) is 17.3 Å². The summed E-state index contributed by atoms with van der Waals surface area (Å²) in [5, 5.41) is 18.1. The average molecular weight is 654 g/mol. The number of aliphatic hydroxyl groups excluding tert-OH is 1. The van der Waals surface area contributed by atoms with Crippen molar-refractivity contribution in [3.63, 3.8) is 0 Å². The number of anilines is 2. The van der Waals surface area contributed by atoms with E-state index in [-0.39, 0.29) is 39.8 Å². The van der Waals surface area contributed by atoms with Crippen molar-refractivity contribution in [1.82, 2.24) is 29.6 Å². The van der Waals surface area contributed by atoms with Gasteiger partial charge in [-0.05, 0) is 66.8 Å². The van der Waals surface area contributed by atoms with Crippen LogP contribution in [0.4, 0.5) is 15.9 Å². The molecule has 1 fully saturated rings. The van der Waals surface area contributed by atoms with Gasteiger partial charge in [0.25, 0.3) is 17.0 Å². The molecule has 1 atom stereocenters. The van der Waals surface area contributed by atoms with Crippen LogP contribution in [-0.2, 0) is 16.8 Å². The van der Waals surface area contributed by atoms with E-state index in [4.69, 9.17) is 4.74 Å². The third kappa shape index (κ3) is 6.09. The molecule has 12 nitrogen and oxygen atoms in total. The van der Waals surface area contributed by atoms with Crippen LogP contribution in [0.3, 0.4) is 0 Å². The number of pyridine rings is 3. The van der Waals surface area contributed by atoms with E-state index >= 15 is 4.39 Å². The van der Waals surface area contributed by atoms with E-state index in [1.165, 1.54) is 24.7 Å². The van der Waals surface area contributed by atoms with E-state index < -0.39 is 23.5 Å². The summed E-state index contributed by atoms with van der Waals surface area (Å²) in [5.41, 5.74) is 1.57. The summed E-state index contributed by atoms with van der Waals surface area (Å²) in [6.07, 6.45) is 4.31. The van der Waals surface area contributed by atoms with Crippen molar-refractivity contribution in [2.24, 2.45) is 0 Å². The zero-order valence-electron chi connectivity index (χ0n) is 27.3. The molecule has 0 bridgehead atoms. The standard InChI is InChI=1S/C35H36FN7O5/c1-19-18-48-11-10-42(19)33(46)21-6-7-29(38-15-21)41-28-14-25(20(2)40-32(28)45)24-8-9-37-31(26(24)17-44)43-34(47)30-22(16-39-43)12-23(13-27(30)36)35(3,4)5/h6-9,12-16,19,44H,10-11,17-18H2,1-5H3,(H,38,41)(H,40,45)/t19-/m0/s1. The maximum atomic E-state index is 15.4. The van der Waals surface area contributed by atoms with Crippen molar-refractivity contribution < 1.29 is 19.0 Å². The lowest BCUT2D eigenvalue weighted by Crippen LogP contribution is -2.47. The van der Waals surface area contributed by atoms with Crippen LogP contribution >= 0.6 is 0 Å². The molecule has 3 N–H and O–H groups in total. The Morgan fingerprint density at radius 2 is 1.92 bits per heavy atom. The molecular weight excluding hydrogens is 617 g/mol. The number of carbonyl (C=O) groups excluding carboxylic acids is 1. The highest BCUT2D eigenvalue weighted by Gasteiger charge is 2.25. The second-order valence-electron chi connectivity index (χ2n) is 12.9. The molecule has 1 saturated heterocycles. The quantitative estimate of drug-likeness (QED) is 0.242. The number of aryl methyl sites for hydroxylation is 1. The molecule has 1 amide bonds. The Morgan fingerprint density at radius 3 is 2.60 bits per heavy atom. The fourth-order valence-electron chi connectivity index (χ4n) is 5.81. The topological polar surface area (TPSA) is 155 Å². The first-order valence-corrected chi connectivity index (χ1v) is 15.5. The number of H-pyrrole nitrogens is 1. The summed E-state index contributed by atoms with van der Waals surface area (Å²) in [7, 11) is 0. The molecule has 0 unspecified atom stereocenters. The normalized spacial score (nSPS) is 15.1. The smallest absolute Gasteiger partial charge is 0.283 e. The van der Waals surface area contributed by atoms with Crippen LogP contribution in [0.15, 0.2) is 64.6 Å². The monoisotopic (exact) mass is 653 g/mol. The summed E-state index contributed by atoms with van der Waals surface area (Å²) in [6.45, 7) is 10.4. The second kappa shape index (κ2) is 12.7. The van der Waals surface area contributed by atoms with Gasteiger partial charge < -0.3 is 25.0 Å². The molecule has 1 aliphatic rings. The molecule has 0 spiro atoms. The van der Waals surface area contributed by atoms with Crippen molar-refractivity contribution >= 4 is 28.2 Å². The number of nitrogens with zero attached hydrogens (tertiary/aromatic N) is 5. The largest absolute Gasteiger partial charge is 0.392 e. The number of ether oxygens (including phenoxy) is 1. The average Bonchev–Trinajstić information content (AvgIpc) is 3.05. The highest BCUT2D eigenvalue weighted by Crippen LogP contribution is 2.31. The number of nitrogens with one attached hydrogen (secondary N) is 2. The van der Waals surface area contributed by atoms with Gasteiger partial charge in [0.05, 0.1) is 43.0 Å². The van der Waals surface area contributed by atoms with Crippen LogP contribution in [-0.4, -0.2) is 66.4 Å². The molecule has 0 saturated carbocycles. The summed E-state index contributed by atoms with van der Waals surface area (Å²) < 4.78 is 21.8. The minimum Gasteiger partial charge on any atom is -0.392 e. The highest BCUT2D eigenvalue weighted by molar-refractivity contribution is 5.94. The fraction of sp³-hybridized carbons (Fsp3) is 0.314. The Kier molecular flexibility index (Phi) is 8.67. The van der Waals surface area contributed by atoms with Gasteiger partial charge in [-0.15, -0.1) is 0 Å². The molecule has 4 aromatic heterocycles. The van der Waals surface area contributed by atoms with Crippen LogP contribution in [0.2, 0.25) is 0 Å². The van der Waals surface area contributed by atoms with E-state index in [1.807, 2.05) is 27.7 Å². The Morgan fingerprint density at radius 1 is 1.12 bits per heavy atom. The van der Waals surface area contributed by atoms with Gasteiger partial charge in [-0.2, -0.15) is 9.78 Å². The molecule has 48 heavy (non-hydrogen) atoms. The number of aromatic amines is 1. The summed E-state index contributed by atoms with van der Waals surface area (Å²) in [6, 6.07) is 9.56. The molecule has 5 heterocycles. The van der Waals surface area contributed by atoms with Crippen LogP contribution in [0.25, 0.3) is 27.7 Å². The lowest BCUT2D eigenvalue weighted by atomic mass is 9.86. The third-order valence-electron chi connectivity index (χ3n) is 8.53. The van der Waals surface area contributed by atoms with Gasteiger partial charge in [0.2, 0.25) is 0 Å². The van der Waals surface area contributed by atoms with E-state index in [1.54, 1.807) is 42.2 Å². The number of rotatable bonds is 6. The minimum absolute atomic E-state index is 0.0258. The zero-order valence-corrected chi connectivity index (χ0v) is 27.3. The first-order valence-electron chi connectivity index (χ1n) is 15.5. The number of morpholine rings is 1. The maximum Gasteiger partial charge on any atom is 0.283 e. The van der Waals surface area contributed by atoms with E-state index in [2.05, 4.69) is 25.4 Å². The van der Waals surface area contributed by atoms with Crippen molar-refractivity contribution in [1.29, 1.82) is 0 Å². The van der Waals surface area contributed by atoms with E-state index in [0.29, 0.717) is 53.3 Å². The maximum absolute atomic E-state index is 15.4. The van der Waals surface area contributed by atoms with Gasteiger partial charge in [-0.3, -0.25) is 14.4 Å². The number of aromatic nitrogens is 5. The first kappa shape index (κ1) is 32.7. The van der Waals surface area contributed by atoms with Gasteiger partial charge in [0, 0.05) is 41.1 Å². The number of benzene rings is 1. The van der Waals surface area contributed by atoms with Gasteiger partial charge in [0.15, 0.2) is 5.82 Å². The summed E-state index contributed by atoms with van der Waals surface area (Å²) in [4.78, 5) is 52.9. The van der Waals surface area contributed by atoms with Crippen LogP contribution < -0.4 is 16.4 Å².